The molecule has 0 heterocycles. The van der Waals surface area contributed by atoms with Gasteiger partial charge in [-0.2, -0.15) is 0 Å². The molecule has 0 unspecified atom stereocenters. The Balaban J connectivity index is 5.24. The number of rotatable bonds is 7. The van der Waals surface area contributed by atoms with Crippen molar-refractivity contribution in [3.8, 4) is 0 Å². The summed E-state index contributed by atoms with van der Waals surface area (Å²) in [7, 11) is 0. The fourth-order valence-electron chi connectivity index (χ4n) is 1.17. The molecule has 0 aromatic carbocycles. The van der Waals surface area contributed by atoms with Crippen molar-refractivity contribution in [1.29, 1.82) is 0 Å². The maximum absolute atomic E-state index is 11.3. The van der Waals surface area contributed by atoms with E-state index in [9.17, 15) is 19.2 Å². The van der Waals surface area contributed by atoms with E-state index in [1.807, 2.05) is 10.6 Å². The molecule has 0 aliphatic heterocycles. The van der Waals surface area contributed by atoms with Gasteiger partial charge in [0.2, 0.25) is 0 Å². The van der Waals surface area contributed by atoms with E-state index in [4.69, 9.17) is 10.2 Å². The fraction of sp³-hybridized carbons (Fsp3) is 0.455. The van der Waals surface area contributed by atoms with Crippen LogP contribution in [0.1, 0.15) is 13.8 Å². The molecule has 118 valence electrons. The van der Waals surface area contributed by atoms with E-state index in [0.717, 1.165) is 0 Å². The van der Waals surface area contributed by atoms with Gasteiger partial charge in [0.05, 0.1) is 18.8 Å². The summed E-state index contributed by atoms with van der Waals surface area (Å²) in [5.41, 5.74) is -0.774. The second-order valence-corrected chi connectivity index (χ2v) is 3.41. The molecule has 0 bridgehead atoms. The zero-order valence-electron chi connectivity index (χ0n) is 11.4. The predicted octanol–water partition coefficient (Wildman–Crippen LogP) is -0.0997. The van der Waals surface area contributed by atoms with Crippen LogP contribution in [0.25, 0.3) is 0 Å². The molecule has 0 atom stereocenters. The van der Waals surface area contributed by atoms with Gasteiger partial charge in [-0.05, 0) is 13.8 Å². The smallest absolute Gasteiger partial charge is 0.409 e. The number of carboxylic acids is 2. The first kappa shape index (κ1) is 18.2. The molecule has 0 saturated heterocycles. The lowest BCUT2D eigenvalue weighted by Crippen LogP contribution is -2.51. The van der Waals surface area contributed by atoms with E-state index in [0.29, 0.717) is 6.08 Å². The van der Waals surface area contributed by atoms with Gasteiger partial charge in [-0.25, -0.2) is 19.2 Å². The van der Waals surface area contributed by atoms with E-state index in [1.54, 1.807) is 0 Å². The Morgan fingerprint density at radius 2 is 1.43 bits per heavy atom. The highest BCUT2D eigenvalue weighted by atomic mass is 16.6. The number of amides is 2. The lowest BCUT2D eigenvalue weighted by Gasteiger charge is -2.19. The van der Waals surface area contributed by atoms with Crippen molar-refractivity contribution in [3.63, 3.8) is 0 Å². The normalized spacial score (nSPS) is 10.7. The summed E-state index contributed by atoms with van der Waals surface area (Å²) < 4.78 is 9.08. The summed E-state index contributed by atoms with van der Waals surface area (Å²) in [5.74, 6) is -3.20. The van der Waals surface area contributed by atoms with Crippen molar-refractivity contribution in [2.24, 2.45) is 0 Å². The number of alkyl carbamates (subject to hydrolysis) is 2. The van der Waals surface area contributed by atoms with E-state index in [2.05, 4.69) is 9.47 Å². The second kappa shape index (κ2) is 9.18. The zero-order valence-corrected chi connectivity index (χ0v) is 11.4. The van der Waals surface area contributed by atoms with Crippen molar-refractivity contribution >= 4 is 24.1 Å². The molecule has 0 rings (SSSR count). The Kier molecular flexibility index (Phi) is 7.96. The molecule has 0 aromatic rings. The van der Waals surface area contributed by atoms with Crippen LogP contribution in [-0.4, -0.2) is 53.7 Å². The average Bonchev–Trinajstić information content (AvgIpc) is 2.35. The molecular weight excluding hydrogens is 288 g/mol. The molecule has 0 spiro atoms. The van der Waals surface area contributed by atoms with Gasteiger partial charge >= 0.3 is 24.1 Å². The molecule has 0 aliphatic rings. The average molecular weight is 304 g/mol. The molecule has 0 aliphatic carbocycles. The van der Waals surface area contributed by atoms with Crippen LogP contribution in [0, 0.1) is 0 Å². The third-order valence-corrected chi connectivity index (χ3v) is 1.91. The van der Waals surface area contributed by atoms with Crippen LogP contribution in [0.4, 0.5) is 9.59 Å². The number of carboxylic acid groups (broad SMARTS) is 2. The fourth-order valence-corrected chi connectivity index (χ4v) is 1.17. The first-order chi connectivity index (χ1) is 9.81. The summed E-state index contributed by atoms with van der Waals surface area (Å²) in [5, 5.41) is 21.6. The topological polar surface area (TPSA) is 151 Å². The van der Waals surface area contributed by atoms with Crippen molar-refractivity contribution in [1.82, 2.24) is 10.6 Å². The van der Waals surface area contributed by atoms with E-state index in [1.165, 1.54) is 13.8 Å². The maximum atomic E-state index is 11.3. The van der Waals surface area contributed by atoms with Gasteiger partial charge in [-0.3, -0.25) is 10.6 Å². The van der Waals surface area contributed by atoms with Gasteiger partial charge in [-0.1, -0.05) is 0 Å². The van der Waals surface area contributed by atoms with Crippen LogP contribution in [0.2, 0.25) is 0 Å². The highest BCUT2D eigenvalue weighted by molar-refractivity contribution is 5.96. The first-order valence-electron chi connectivity index (χ1n) is 5.86. The van der Waals surface area contributed by atoms with Crippen molar-refractivity contribution in [2.45, 2.75) is 20.0 Å². The van der Waals surface area contributed by atoms with Gasteiger partial charge in [-0.15, -0.1) is 0 Å². The Labute approximate surface area is 119 Å². The van der Waals surface area contributed by atoms with Crippen LogP contribution < -0.4 is 10.6 Å². The Morgan fingerprint density at radius 3 is 1.71 bits per heavy atom. The second-order valence-electron chi connectivity index (χ2n) is 3.41. The maximum Gasteiger partial charge on any atom is 0.409 e. The number of aliphatic carboxylic acids is 2. The highest BCUT2D eigenvalue weighted by Crippen LogP contribution is 2.02. The predicted molar refractivity (Wildman–Crippen MR) is 67.5 cm³/mol. The van der Waals surface area contributed by atoms with Crippen LogP contribution in [-0.2, 0) is 19.1 Å². The minimum Gasteiger partial charge on any atom is -0.478 e. The number of nitrogens with one attached hydrogen (secondary N) is 2. The van der Waals surface area contributed by atoms with Gasteiger partial charge < -0.3 is 19.7 Å². The lowest BCUT2D eigenvalue weighted by atomic mass is 10.2. The van der Waals surface area contributed by atoms with Crippen LogP contribution >= 0.6 is 0 Å². The third kappa shape index (κ3) is 7.40. The Hall–Kier alpha value is -2.78. The monoisotopic (exact) mass is 304 g/mol. The summed E-state index contributed by atoms with van der Waals surface area (Å²) in [4.78, 5) is 44.3. The van der Waals surface area contributed by atoms with Crippen LogP contribution in [0.15, 0.2) is 11.6 Å². The third-order valence-electron chi connectivity index (χ3n) is 1.91. The Bertz CT molecular complexity index is 426. The molecule has 0 aromatic heterocycles. The summed E-state index contributed by atoms with van der Waals surface area (Å²) in [6.45, 7) is 3.03. The molecule has 0 radical (unpaired) electrons. The first-order valence-corrected chi connectivity index (χ1v) is 5.86. The number of carbonyl (C=O) groups is 4. The highest BCUT2D eigenvalue weighted by Gasteiger charge is 2.26. The van der Waals surface area contributed by atoms with Gasteiger partial charge in [0.1, 0.15) is 6.17 Å². The molecule has 21 heavy (non-hydrogen) atoms. The molecule has 0 saturated carbocycles. The zero-order chi connectivity index (χ0) is 16.4. The van der Waals surface area contributed by atoms with E-state index in [-0.39, 0.29) is 13.2 Å². The number of hydrogen-bond donors (Lipinski definition) is 4. The van der Waals surface area contributed by atoms with Crippen LogP contribution in [0.5, 0.6) is 0 Å². The number of carbonyl (C=O) groups excluding carboxylic acids is 2. The SMILES string of the molecule is CCOC(=O)NC(NC(=O)OCC)C(=CC(=O)O)C(=O)O. The van der Waals surface area contributed by atoms with Crippen molar-refractivity contribution in [2.75, 3.05) is 13.2 Å². The Morgan fingerprint density at radius 1 is 1.00 bits per heavy atom. The van der Waals surface area contributed by atoms with Crippen molar-refractivity contribution < 1.29 is 38.9 Å². The standard InChI is InChI=1S/C11H16N2O8/c1-3-20-10(18)12-8(13-11(19)21-4-2)6(9(16)17)5-7(14)15/h5,8H,3-4H2,1-2H3,(H,12,18)(H,13,19)(H,14,15)(H,16,17). The summed E-state index contributed by atoms with van der Waals surface area (Å²) in [6.07, 6.45) is -3.35. The molecule has 10 heteroatoms. The number of ether oxygens (including phenoxy) is 2. The lowest BCUT2D eigenvalue weighted by molar-refractivity contribution is -0.135. The quantitative estimate of drug-likeness (QED) is 0.376. The van der Waals surface area contributed by atoms with Crippen LogP contribution in [0.3, 0.4) is 0 Å². The van der Waals surface area contributed by atoms with E-state index < -0.39 is 35.9 Å². The van der Waals surface area contributed by atoms with Gasteiger partial charge in [0.15, 0.2) is 0 Å². The molecule has 4 N–H and O–H groups in total. The van der Waals surface area contributed by atoms with Gasteiger partial charge in [0, 0.05) is 6.08 Å². The summed E-state index contributed by atoms with van der Waals surface area (Å²) >= 11 is 0. The molecular formula is C11H16N2O8. The van der Waals surface area contributed by atoms with E-state index >= 15 is 0 Å². The molecule has 10 nitrogen and oxygen atoms in total. The van der Waals surface area contributed by atoms with Crippen molar-refractivity contribution in [3.05, 3.63) is 11.6 Å². The van der Waals surface area contributed by atoms with Gasteiger partial charge in [0.25, 0.3) is 0 Å². The summed E-state index contributed by atoms with van der Waals surface area (Å²) in [6, 6.07) is 0. The molecule has 2 amide bonds. The number of hydrogen-bond acceptors (Lipinski definition) is 6. The largest absolute Gasteiger partial charge is 0.478 e. The minimum absolute atomic E-state index is 0.00299. The molecule has 0 fully saturated rings. The minimum atomic E-state index is -1.64.